The Morgan fingerprint density at radius 2 is 2.00 bits per heavy atom. The molecule has 1 aromatic carbocycles. The SMILES string of the molecule is CC(CC(F)(F)F)NCC(O)COc1ccccc1Cl. The van der Waals surface area contributed by atoms with E-state index in [-0.39, 0.29) is 13.2 Å². The highest BCUT2D eigenvalue weighted by atomic mass is 35.5. The van der Waals surface area contributed by atoms with Crippen molar-refractivity contribution in [2.24, 2.45) is 0 Å². The van der Waals surface area contributed by atoms with E-state index in [1.165, 1.54) is 6.92 Å². The quantitative estimate of drug-likeness (QED) is 0.813. The monoisotopic (exact) mass is 311 g/mol. The minimum Gasteiger partial charge on any atom is -0.489 e. The first-order valence-electron chi connectivity index (χ1n) is 6.13. The molecule has 3 nitrogen and oxygen atoms in total. The predicted molar refractivity (Wildman–Crippen MR) is 71.1 cm³/mol. The van der Waals surface area contributed by atoms with E-state index >= 15 is 0 Å². The molecule has 2 atom stereocenters. The lowest BCUT2D eigenvalue weighted by molar-refractivity contribution is -0.139. The van der Waals surface area contributed by atoms with Crippen LogP contribution in [0.25, 0.3) is 0 Å². The van der Waals surface area contributed by atoms with Crippen LogP contribution >= 0.6 is 11.6 Å². The van der Waals surface area contributed by atoms with Gasteiger partial charge in [0.2, 0.25) is 0 Å². The minimum atomic E-state index is -4.22. The molecule has 2 unspecified atom stereocenters. The summed E-state index contributed by atoms with van der Waals surface area (Å²) >= 11 is 5.86. The lowest BCUT2D eigenvalue weighted by Crippen LogP contribution is -2.38. The van der Waals surface area contributed by atoms with Gasteiger partial charge in [-0.1, -0.05) is 23.7 Å². The first-order valence-corrected chi connectivity index (χ1v) is 6.51. The summed E-state index contributed by atoms with van der Waals surface area (Å²) in [6.45, 7) is 1.38. The maximum atomic E-state index is 12.1. The molecule has 0 aromatic heterocycles. The van der Waals surface area contributed by atoms with Crippen LogP contribution < -0.4 is 10.1 Å². The van der Waals surface area contributed by atoms with E-state index in [0.29, 0.717) is 10.8 Å². The van der Waals surface area contributed by atoms with E-state index in [0.717, 1.165) is 0 Å². The molecule has 0 radical (unpaired) electrons. The van der Waals surface area contributed by atoms with Crippen molar-refractivity contribution in [1.82, 2.24) is 5.32 Å². The molecule has 7 heteroatoms. The van der Waals surface area contributed by atoms with Crippen LogP contribution in [-0.2, 0) is 0 Å². The zero-order valence-corrected chi connectivity index (χ0v) is 11.7. The smallest absolute Gasteiger partial charge is 0.390 e. The summed E-state index contributed by atoms with van der Waals surface area (Å²) in [5.74, 6) is 0.427. The number of benzene rings is 1. The fraction of sp³-hybridized carbons (Fsp3) is 0.538. The molecule has 2 N–H and O–H groups in total. The van der Waals surface area contributed by atoms with E-state index < -0.39 is 24.7 Å². The molecule has 1 aromatic rings. The topological polar surface area (TPSA) is 41.5 Å². The number of rotatable bonds is 7. The van der Waals surface area contributed by atoms with Gasteiger partial charge in [-0.3, -0.25) is 0 Å². The zero-order valence-electron chi connectivity index (χ0n) is 11.0. The van der Waals surface area contributed by atoms with Crippen LogP contribution in [-0.4, -0.2) is 36.6 Å². The molecule has 0 aliphatic heterocycles. The van der Waals surface area contributed by atoms with Gasteiger partial charge in [-0.25, -0.2) is 0 Å². The van der Waals surface area contributed by atoms with E-state index in [1.807, 2.05) is 0 Å². The molecule has 0 aliphatic carbocycles. The van der Waals surface area contributed by atoms with Crippen molar-refractivity contribution >= 4 is 11.6 Å². The van der Waals surface area contributed by atoms with Gasteiger partial charge in [-0.2, -0.15) is 13.2 Å². The highest BCUT2D eigenvalue weighted by Gasteiger charge is 2.29. The van der Waals surface area contributed by atoms with Gasteiger partial charge in [0.25, 0.3) is 0 Å². The summed E-state index contributed by atoms with van der Waals surface area (Å²) in [5, 5.41) is 12.7. The van der Waals surface area contributed by atoms with Gasteiger partial charge in [0.15, 0.2) is 0 Å². The van der Waals surface area contributed by atoms with Crippen molar-refractivity contribution in [2.75, 3.05) is 13.2 Å². The Bertz CT molecular complexity index is 415. The number of alkyl halides is 3. The van der Waals surface area contributed by atoms with Crippen LogP contribution in [0.1, 0.15) is 13.3 Å². The molecular formula is C13H17ClF3NO2. The fourth-order valence-corrected chi connectivity index (χ4v) is 1.75. The first kappa shape index (κ1) is 17.1. The second kappa shape index (κ2) is 7.71. The van der Waals surface area contributed by atoms with E-state index in [9.17, 15) is 18.3 Å². The molecular weight excluding hydrogens is 295 g/mol. The second-order valence-electron chi connectivity index (χ2n) is 4.52. The molecule has 0 saturated heterocycles. The molecule has 0 saturated carbocycles. The third-order valence-corrected chi connectivity index (χ3v) is 2.82. The van der Waals surface area contributed by atoms with Crippen LogP contribution in [0.3, 0.4) is 0 Å². The van der Waals surface area contributed by atoms with Crippen LogP contribution in [0, 0.1) is 0 Å². The highest BCUT2D eigenvalue weighted by Crippen LogP contribution is 2.23. The average Bonchev–Trinajstić information content (AvgIpc) is 2.33. The molecule has 114 valence electrons. The number of hydrogen-bond donors (Lipinski definition) is 2. The number of nitrogens with one attached hydrogen (secondary N) is 1. The second-order valence-corrected chi connectivity index (χ2v) is 4.93. The fourth-order valence-electron chi connectivity index (χ4n) is 1.56. The number of ether oxygens (including phenoxy) is 1. The standard InChI is InChI=1S/C13H17ClF3NO2/c1-9(6-13(15,16)17)18-7-10(19)8-20-12-5-3-2-4-11(12)14/h2-5,9-10,18-19H,6-8H2,1H3. The summed E-state index contributed by atoms with van der Waals surface area (Å²) in [4.78, 5) is 0. The van der Waals surface area contributed by atoms with Crippen LogP contribution in [0.2, 0.25) is 5.02 Å². The summed E-state index contributed by atoms with van der Waals surface area (Å²) in [6.07, 6.45) is -6.07. The van der Waals surface area contributed by atoms with Crippen LogP contribution in [0.15, 0.2) is 24.3 Å². The third-order valence-electron chi connectivity index (χ3n) is 2.51. The summed E-state index contributed by atoms with van der Waals surface area (Å²) in [7, 11) is 0. The van der Waals surface area contributed by atoms with Crippen LogP contribution in [0.5, 0.6) is 5.75 Å². The van der Waals surface area contributed by atoms with Gasteiger partial charge in [0.1, 0.15) is 18.5 Å². The van der Waals surface area contributed by atoms with Gasteiger partial charge >= 0.3 is 6.18 Å². The Morgan fingerprint density at radius 3 is 2.60 bits per heavy atom. The van der Waals surface area contributed by atoms with Crippen molar-refractivity contribution in [3.05, 3.63) is 29.3 Å². The summed E-state index contributed by atoms with van der Waals surface area (Å²) in [6, 6.07) is 6.01. The van der Waals surface area contributed by atoms with Gasteiger partial charge < -0.3 is 15.2 Å². The maximum absolute atomic E-state index is 12.1. The number of aliphatic hydroxyl groups is 1. The molecule has 1 rings (SSSR count). The van der Waals surface area contributed by atoms with Gasteiger partial charge in [0, 0.05) is 12.6 Å². The normalized spacial score (nSPS) is 14.9. The van der Waals surface area contributed by atoms with E-state index in [1.54, 1.807) is 24.3 Å². The molecule has 0 heterocycles. The number of aliphatic hydroxyl groups excluding tert-OH is 1. The zero-order chi connectivity index (χ0) is 15.2. The maximum Gasteiger partial charge on any atom is 0.390 e. The lowest BCUT2D eigenvalue weighted by atomic mass is 10.2. The minimum absolute atomic E-state index is 0.0156. The molecule has 0 fully saturated rings. The molecule has 0 bridgehead atoms. The molecule has 20 heavy (non-hydrogen) atoms. The number of para-hydroxylation sites is 1. The molecule has 0 aliphatic rings. The van der Waals surface area contributed by atoms with Gasteiger partial charge in [-0.05, 0) is 19.1 Å². The highest BCUT2D eigenvalue weighted by molar-refractivity contribution is 6.32. The van der Waals surface area contributed by atoms with Crippen molar-refractivity contribution in [3.8, 4) is 5.75 Å². The Labute approximate surface area is 120 Å². The molecule has 0 spiro atoms. The van der Waals surface area contributed by atoms with Crippen LogP contribution in [0.4, 0.5) is 13.2 Å². The van der Waals surface area contributed by atoms with Crippen molar-refractivity contribution in [3.63, 3.8) is 0 Å². The Balaban J connectivity index is 2.27. The lowest BCUT2D eigenvalue weighted by Gasteiger charge is -2.18. The van der Waals surface area contributed by atoms with E-state index in [2.05, 4.69) is 5.32 Å². The summed E-state index contributed by atoms with van der Waals surface area (Å²) < 4.78 is 41.6. The predicted octanol–water partition coefficient (Wildman–Crippen LogP) is 3.01. The Hall–Kier alpha value is -0.980. The Morgan fingerprint density at radius 1 is 1.35 bits per heavy atom. The van der Waals surface area contributed by atoms with Gasteiger partial charge in [0.05, 0.1) is 11.4 Å². The number of halogens is 4. The van der Waals surface area contributed by atoms with Gasteiger partial charge in [-0.15, -0.1) is 0 Å². The Kier molecular flexibility index (Phi) is 6.58. The van der Waals surface area contributed by atoms with Crippen molar-refractivity contribution < 1.29 is 23.0 Å². The number of hydrogen-bond acceptors (Lipinski definition) is 3. The third kappa shape index (κ3) is 6.98. The van der Waals surface area contributed by atoms with E-state index in [4.69, 9.17) is 16.3 Å². The van der Waals surface area contributed by atoms with Crippen molar-refractivity contribution in [2.45, 2.75) is 31.7 Å². The van der Waals surface area contributed by atoms with Crippen molar-refractivity contribution in [1.29, 1.82) is 0 Å². The summed E-state index contributed by atoms with van der Waals surface area (Å²) in [5.41, 5.74) is 0. The average molecular weight is 312 g/mol. The largest absolute Gasteiger partial charge is 0.489 e. The first-order chi connectivity index (χ1) is 9.28. The molecule has 0 amide bonds.